The van der Waals surface area contributed by atoms with Crippen molar-refractivity contribution >= 4 is 28.9 Å². The molecule has 2 aromatic rings. The molecular formula is C24H29N3O4. The summed E-state index contributed by atoms with van der Waals surface area (Å²) in [5.41, 5.74) is 4.90. The summed E-state index contributed by atoms with van der Waals surface area (Å²) in [4.78, 5) is 27.5. The maximum absolute atomic E-state index is 12.4. The van der Waals surface area contributed by atoms with Gasteiger partial charge in [0.1, 0.15) is 0 Å². The number of aliphatic carboxylic acids is 1. The first-order valence-corrected chi connectivity index (χ1v) is 10.8. The molecule has 1 fully saturated rings. The maximum Gasteiger partial charge on any atom is 0.307 e. The summed E-state index contributed by atoms with van der Waals surface area (Å²) >= 11 is 0. The van der Waals surface area contributed by atoms with Crippen molar-refractivity contribution in [1.29, 1.82) is 0 Å². The van der Waals surface area contributed by atoms with Crippen LogP contribution in [0.3, 0.4) is 0 Å². The molecule has 1 amide bonds. The van der Waals surface area contributed by atoms with E-state index in [1.165, 1.54) is 0 Å². The predicted octanol–water partition coefficient (Wildman–Crippen LogP) is 3.45. The standard InChI is InChI=1S/C24H29N3O4/c1-16-13-22(25-19-5-3-18(4-6-19)14-24(29)30)21-15-20(26-9-11-31-12-10-26)7-8-23(21)27(16)17(2)28/h3-8,15-16,22,25H,9-14H2,1-2H3,(H,29,30). The number of carboxylic acids is 1. The number of carbonyl (C=O) groups is 2. The number of nitrogens with zero attached hydrogens (tertiary/aromatic N) is 2. The van der Waals surface area contributed by atoms with E-state index in [4.69, 9.17) is 9.84 Å². The number of carboxylic acid groups (broad SMARTS) is 1. The second kappa shape index (κ2) is 8.98. The van der Waals surface area contributed by atoms with E-state index >= 15 is 0 Å². The average Bonchev–Trinajstić information content (AvgIpc) is 2.75. The van der Waals surface area contributed by atoms with Crippen molar-refractivity contribution in [3.63, 3.8) is 0 Å². The first-order valence-electron chi connectivity index (χ1n) is 10.8. The topological polar surface area (TPSA) is 82.1 Å². The highest BCUT2D eigenvalue weighted by Crippen LogP contribution is 2.41. The molecule has 1 saturated heterocycles. The van der Waals surface area contributed by atoms with Crippen LogP contribution in [-0.4, -0.2) is 49.3 Å². The first kappa shape index (κ1) is 21.2. The molecule has 2 aliphatic rings. The average molecular weight is 424 g/mol. The zero-order valence-electron chi connectivity index (χ0n) is 18.0. The Kier molecular flexibility index (Phi) is 6.13. The lowest BCUT2D eigenvalue weighted by Crippen LogP contribution is -2.43. The fraction of sp³-hybridized carbons (Fsp3) is 0.417. The minimum absolute atomic E-state index is 0.0139. The molecule has 2 N–H and O–H groups in total. The molecule has 7 nitrogen and oxygen atoms in total. The molecule has 0 saturated carbocycles. The minimum atomic E-state index is -0.837. The second-order valence-corrected chi connectivity index (χ2v) is 8.28. The molecule has 164 valence electrons. The summed E-state index contributed by atoms with van der Waals surface area (Å²) in [6, 6.07) is 14.0. The molecule has 0 aromatic heterocycles. The molecule has 2 aliphatic heterocycles. The number of hydrogen-bond donors (Lipinski definition) is 2. The van der Waals surface area contributed by atoms with Gasteiger partial charge in [0.15, 0.2) is 0 Å². The van der Waals surface area contributed by atoms with Gasteiger partial charge in [-0.1, -0.05) is 12.1 Å². The maximum atomic E-state index is 12.4. The van der Waals surface area contributed by atoms with Crippen LogP contribution < -0.4 is 15.1 Å². The molecule has 4 rings (SSSR count). The molecule has 0 bridgehead atoms. The number of carbonyl (C=O) groups excluding carboxylic acids is 1. The molecule has 2 aromatic carbocycles. The van der Waals surface area contributed by atoms with Gasteiger partial charge in [-0.2, -0.15) is 0 Å². The van der Waals surface area contributed by atoms with Gasteiger partial charge in [0, 0.05) is 48.7 Å². The molecule has 0 aliphatic carbocycles. The van der Waals surface area contributed by atoms with E-state index in [9.17, 15) is 9.59 Å². The SMILES string of the molecule is CC(=O)N1c2ccc(N3CCOCC3)cc2C(Nc2ccc(CC(=O)O)cc2)CC1C. The highest BCUT2D eigenvalue weighted by atomic mass is 16.5. The monoisotopic (exact) mass is 423 g/mol. The Bertz CT molecular complexity index is 954. The fourth-order valence-corrected chi connectivity index (χ4v) is 4.58. The third-order valence-electron chi connectivity index (χ3n) is 6.03. The van der Waals surface area contributed by atoms with Crippen LogP contribution in [0.5, 0.6) is 0 Å². The number of fused-ring (bicyclic) bond motifs is 1. The predicted molar refractivity (Wildman–Crippen MR) is 121 cm³/mol. The minimum Gasteiger partial charge on any atom is -0.481 e. The van der Waals surface area contributed by atoms with E-state index in [0.29, 0.717) is 0 Å². The van der Waals surface area contributed by atoms with Crippen molar-refractivity contribution in [2.45, 2.75) is 38.8 Å². The van der Waals surface area contributed by atoms with E-state index < -0.39 is 5.97 Å². The number of rotatable bonds is 5. The molecule has 0 spiro atoms. The Balaban J connectivity index is 1.64. The van der Waals surface area contributed by atoms with Crippen LogP contribution in [0.25, 0.3) is 0 Å². The number of benzene rings is 2. The number of morpholine rings is 1. The lowest BCUT2D eigenvalue weighted by molar-refractivity contribution is -0.136. The summed E-state index contributed by atoms with van der Waals surface area (Å²) in [7, 11) is 0. The van der Waals surface area contributed by atoms with Gasteiger partial charge >= 0.3 is 5.97 Å². The number of anilines is 3. The van der Waals surface area contributed by atoms with Gasteiger partial charge in [0.25, 0.3) is 0 Å². The Morgan fingerprint density at radius 2 is 1.84 bits per heavy atom. The highest BCUT2D eigenvalue weighted by Gasteiger charge is 2.33. The third kappa shape index (κ3) is 4.66. The van der Waals surface area contributed by atoms with E-state index in [-0.39, 0.29) is 24.4 Å². The van der Waals surface area contributed by atoms with Crippen LogP contribution in [0.2, 0.25) is 0 Å². The van der Waals surface area contributed by atoms with Crippen LogP contribution in [0, 0.1) is 0 Å². The van der Waals surface area contributed by atoms with E-state index in [2.05, 4.69) is 35.3 Å². The van der Waals surface area contributed by atoms with Crippen molar-refractivity contribution in [3.05, 3.63) is 53.6 Å². The lowest BCUT2D eigenvalue weighted by atomic mass is 9.90. The number of nitrogens with one attached hydrogen (secondary N) is 1. The molecule has 0 radical (unpaired) electrons. The molecule has 2 unspecified atom stereocenters. The summed E-state index contributed by atoms with van der Waals surface area (Å²) in [6.45, 7) is 6.84. The van der Waals surface area contributed by atoms with Crippen LogP contribution in [0.15, 0.2) is 42.5 Å². The summed E-state index contributed by atoms with van der Waals surface area (Å²) in [5, 5.41) is 12.6. The molecular weight excluding hydrogens is 394 g/mol. The number of ether oxygens (including phenoxy) is 1. The van der Waals surface area contributed by atoms with Gasteiger partial charge in [0.2, 0.25) is 5.91 Å². The van der Waals surface area contributed by atoms with Gasteiger partial charge in [-0.15, -0.1) is 0 Å². The van der Waals surface area contributed by atoms with Crippen molar-refractivity contribution in [2.75, 3.05) is 41.4 Å². The first-order chi connectivity index (χ1) is 14.9. The van der Waals surface area contributed by atoms with Crippen LogP contribution in [-0.2, 0) is 20.7 Å². The van der Waals surface area contributed by atoms with Crippen molar-refractivity contribution in [3.8, 4) is 0 Å². The number of amides is 1. The lowest BCUT2D eigenvalue weighted by Gasteiger charge is -2.40. The Morgan fingerprint density at radius 1 is 1.13 bits per heavy atom. The second-order valence-electron chi connectivity index (χ2n) is 8.28. The number of hydrogen-bond acceptors (Lipinski definition) is 5. The van der Waals surface area contributed by atoms with Gasteiger partial charge in [-0.3, -0.25) is 9.59 Å². The zero-order valence-corrected chi connectivity index (χ0v) is 18.0. The highest BCUT2D eigenvalue weighted by molar-refractivity contribution is 5.94. The van der Waals surface area contributed by atoms with Gasteiger partial charge in [-0.25, -0.2) is 0 Å². The van der Waals surface area contributed by atoms with Gasteiger partial charge in [-0.05, 0) is 49.2 Å². The summed E-state index contributed by atoms with van der Waals surface area (Å²) < 4.78 is 5.49. The van der Waals surface area contributed by atoms with Crippen LogP contribution in [0.1, 0.15) is 37.4 Å². The van der Waals surface area contributed by atoms with E-state index in [0.717, 1.165) is 60.9 Å². The molecule has 31 heavy (non-hydrogen) atoms. The van der Waals surface area contributed by atoms with Gasteiger partial charge in [0.05, 0.1) is 25.7 Å². The Labute approximate surface area is 182 Å². The summed E-state index contributed by atoms with van der Waals surface area (Å²) in [6.07, 6.45) is 0.802. The van der Waals surface area contributed by atoms with Crippen molar-refractivity contribution < 1.29 is 19.4 Å². The van der Waals surface area contributed by atoms with E-state index in [1.807, 2.05) is 29.2 Å². The Morgan fingerprint density at radius 3 is 2.48 bits per heavy atom. The molecule has 2 atom stereocenters. The molecule has 7 heteroatoms. The third-order valence-corrected chi connectivity index (χ3v) is 6.03. The smallest absolute Gasteiger partial charge is 0.307 e. The largest absolute Gasteiger partial charge is 0.481 e. The van der Waals surface area contributed by atoms with Crippen molar-refractivity contribution in [1.82, 2.24) is 0 Å². The summed E-state index contributed by atoms with van der Waals surface area (Å²) in [5.74, 6) is -0.792. The fourth-order valence-electron chi connectivity index (χ4n) is 4.58. The van der Waals surface area contributed by atoms with Gasteiger partial charge < -0.3 is 25.0 Å². The van der Waals surface area contributed by atoms with Crippen LogP contribution >= 0.6 is 0 Å². The van der Waals surface area contributed by atoms with Crippen LogP contribution in [0.4, 0.5) is 17.1 Å². The van der Waals surface area contributed by atoms with Crippen molar-refractivity contribution in [2.24, 2.45) is 0 Å². The normalized spacial score (nSPS) is 20.8. The Hall–Kier alpha value is -3.06. The van der Waals surface area contributed by atoms with E-state index in [1.54, 1.807) is 6.92 Å². The molecule has 2 heterocycles. The quantitative estimate of drug-likeness (QED) is 0.767. The zero-order chi connectivity index (χ0) is 22.0.